The Morgan fingerprint density at radius 1 is 1.10 bits per heavy atom. The summed E-state index contributed by atoms with van der Waals surface area (Å²) in [6, 6.07) is 13.2. The number of likely N-dealkylation sites (N-methyl/N-ethyl adjacent to an activating group) is 1. The van der Waals surface area contributed by atoms with Crippen LogP contribution in [-0.2, 0) is 11.3 Å². The van der Waals surface area contributed by atoms with Crippen molar-refractivity contribution in [2.24, 2.45) is 4.99 Å². The lowest BCUT2D eigenvalue weighted by Crippen LogP contribution is -2.30. The molecule has 0 aliphatic carbocycles. The van der Waals surface area contributed by atoms with Gasteiger partial charge in [-0.3, -0.25) is 9.79 Å². The number of halogens is 1. The Morgan fingerprint density at radius 3 is 2.52 bits per heavy atom. The number of hydrogen-bond acceptors (Lipinski definition) is 5. The van der Waals surface area contributed by atoms with Gasteiger partial charge in [-0.05, 0) is 36.8 Å². The quantitative estimate of drug-likeness (QED) is 0.287. The Bertz CT molecular complexity index is 874. The minimum absolute atomic E-state index is 0. The van der Waals surface area contributed by atoms with E-state index in [2.05, 4.69) is 15.6 Å². The Balaban J connectivity index is 0.00000480. The van der Waals surface area contributed by atoms with Crippen LogP contribution in [0, 0.1) is 0 Å². The van der Waals surface area contributed by atoms with Crippen LogP contribution in [0.1, 0.15) is 12.5 Å². The molecule has 0 aliphatic heterocycles. The molecular formula is C22H31IN4O4. The Kier molecular flexibility index (Phi) is 11.5. The van der Waals surface area contributed by atoms with E-state index in [0.29, 0.717) is 36.4 Å². The van der Waals surface area contributed by atoms with Gasteiger partial charge in [0.2, 0.25) is 0 Å². The standard InChI is InChI=1S/C22H30N4O4.HI/c1-6-29-19-11-10-17(13-20(19)28-5)25-22(23-2)24-14-16-8-7-9-18(12-16)30-15-21(27)26(3)4;/h7-13H,6,14-15H2,1-5H3,(H2,23,24,25);1H. The first-order valence-electron chi connectivity index (χ1n) is 9.67. The van der Waals surface area contributed by atoms with Crippen molar-refractivity contribution in [1.82, 2.24) is 10.2 Å². The van der Waals surface area contributed by atoms with Crippen LogP contribution in [0.5, 0.6) is 17.2 Å². The molecule has 0 atom stereocenters. The number of rotatable bonds is 9. The molecule has 9 heteroatoms. The summed E-state index contributed by atoms with van der Waals surface area (Å²) >= 11 is 0. The smallest absolute Gasteiger partial charge is 0.259 e. The number of carbonyl (C=O) groups excluding carboxylic acids is 1. The zero-order valence-electron chi connectivity index (χ0n) is 18.6. The van der Waals surface area contributed by atoms with Gasteiger partial charge in [0.15, 0.2) is 24.1 Å². The van der Waals surface area contributed by atoms with E-state index in [1.165, 1.54) is 4.90 Å². The van der Waals surface area contributed by atoms with Gasteiger partial charge < -0.3 is 29.7 Å². The highest BCUT2D eigenvalue weighted by molar-refractivity contribution is 14.0. The molecule has 2 aromatic carbocycles. The largest absolute Gasteiger partial charge is 0.493 e. The number of aliphatic imine (C=N–C) groups is 1. The number of nitrogens with one attached hydrogen (secondary N) is 2. The Hall–Kier alpha value is -2.69. The molecule has 170 valence electrons. The maximum atomic E-state index is 11.7. The average molecular weight is 542 g/mol. The number of benzene rings is 2. The zero-order valence-corrected chi connectivity index (χ0v) is 20.9. The van der Waals surface area contributed by atoms with Crippen molar-refractivity contribution >= 4 is 41.5 Å². The number of guanidine groups is 1. The Labute approximate surface area is 201 Å². The minimum Gasteiger partial charge on any atom is -0.493 e. The van der Waals surface area contributed by atoms with Crippen molar-refractivity contribution in [1.29, 1.82) is 0 Å². The van der Waals surface area contributed by atoms with Gasteiger partial charge in [-0.1, -0.05) is 12.1 Å². The predicted molar refractivity (Wildman–Crippen MR) is 134 cm³/mol. The second-order valence-corrected chi connectivity index (χ2v) is 6.57. The van der Waals surface area contributed by atoms with Crippen LogP contribution in [0.15, 0.2) is 47.5 Å². The SMILES string of the molecule is CCOc1ccc(NC(=NC)NCc2cccc(OCC(=O)N(C)C)c2)cc1OC.I. The highest BCUT2D eigenvalue weighted by Gasteiger charge is 2.08. The lowest BCUT2D eigenvalue weighted by molar-refractivity contribution is -0.130. The normalized spacial score (nSPS) is 10.5. The number of hydrogen-bond donors (Lipinski definition) is 2. The van der Waals surface area contributed by atoms with Crippen LogP contribution in [-0.4, -0.2) is 58.2 Å². The second-order valence-electron chi connectivity index (χ2n) is 6.57. The zero-order chi connectivity index (χ0) is 21.9. The van der Waals surface area contributed by atoms with Crippen molar-refractivity contribution < 1.29 is 19.0 Å². The first-order chi connectivity index (χ1) is 14.5. The number of ether oxygens (including phenoxy) is 3. The summed E-state index contributed by atoms with van der Waals surface area (Å²) in [4.78, 5) is 17.4. The van der Waals surface area contributed by atoms with E-state index >= 15 is 0 Å². The fourth-order valence-electron chi connectivity index (χ4n) is 2.54. The van der Waals surface area contributed by atoms with E-state index in [-0.39, 0.29) is 36.5 Å². The van der Waals surface area contributed by atoms with Crippen LogP contribution in [0.4, 0.5) is 5.69 Å². The minimum atomic E-state index is -0.0890. The molecule has 0 fully saturated rings. The van der Waals surface area contributed by atoms with E-state index in [0.717, 1.165) is 11.3 Å². The molecule has 2 N–H and O–H groups in total. The molecule has 0 saturated carbocycles. The third kappa shape index (κ3) is 8.52. The first-order valence-corrected chi connectivity index (χ1v) is 9.67. The number of carbonyl (C=O) groups is 1. The molecule has 31 heavy (non-hydrogen) atoms. The van der Waals surface area contributed by atoms with Gasteiger partial charge >= 0.3 is 0 Å². The first kappa shape index (κ1) is 26.3. The molecule has 0 bridgehead atoms. The summed E-state index contributed by atoms with van der Waals surface area (Å²) in [5.41, 5.74) is 1.82. The number of nitrogens with zero attached hydrogens (tertiary/aromatic N) is 2. The van der Waals surface area contributed by atoms with E-state index in [1.54, 1.807) is 28.3 Å². The predicted octanol–water partition coefficient (Wildman–Crippen LogP) is 3.37. The van der Waals surface area contributed by atoms with Gasteiger partial charge in [-0.15, -0.1) is 24.0 Å². The fourth-order valence-corrected chi connectivity index (χ4v) is 2.54. The second kappa shape index (κ2) is 13.6. The number of anilines is 1. The molecule has 0 spiro atoms. The summed E-state index contributed by atoms with van der Waals surface area (Å²) < 4.78 is 16.5. The summed E-state index contributed by atoms with van der Waals surface area (Å²) in [6.45, 7) is 3.04. The van der Waals surface area contributed by atoms with E-state index < -0.39 is 0 Å². The lowest BCUT2D eigenvalue weighted by atomic mass is 10.2. The number of methoxy groups -OCH3 is 1. The summed E-state index contributed by atoms with van der Waals surface area (Å²) in [6.07, 6.45) is 0. The van der Waals surface area contributed by atoms with E-state index in [1.807, 2.05) is 49.4 Å². The molecule has 8 nitrogen and oxygen atoms in total. The molecular weight excluding hydrogens is 511 g/mol. The highest BCUT2D eigenvalue weighted by Crippen LogP contribution is 2.30. The molecule has 1 amide bonds. The third-order valence-corrected chi connectivity index (χ3v) is 4.17. The Morgan fingerprint density at radius 2 is 1.87 bits per heavy atom. The van der Waals surface area contributed by atoms with Crippen molar-refractivity contribution in [3.8, 4) is 17.2 Å². The van der Waals surface area contributed by atoms with Crippen molar-refractivity contribution in [2.45, 2.75) is 13.5 Å². The molecule has 0 saturated heterocycles. The van der Waals surface area contributed by atoms with Gasteiger partial charge in [0.25, 0.3) is 5.91 Å². The van der Waals surface area contributed by atoms with E-state index in [4.69, 9.17) is 14.2 Å². The molecule has 0 unspecified atom stereocenters. The topological polar surface area (TPSA) is 84.4 Å². The molecule has 0 aromatic heterocycles. The van der Waals surface area contributed by atoms with Crippen LogP contribution in [0.25, 0.3) is 0 Å². The van der Waals surface area contributed by atoms with Gasteiger partial charge in [-0.2, -0.15) is 0 Å². The average Bonchev–Trinajstić information content (AvgIpc) is 2.76. The third-order valence-electron chi connectivity index (χ3n) is 4.17. The fraction of sp³-hybridized carbons (Fsp3) is 0.364. The molecule has 2 rings (SSSR count). The summed E-state index contributed by atoms with van der Waals surface area (Å²) in [7, 11) is 6.71. The molecule has 2 aromatic rings. The van der Waals surface area contributed by atoms with Crippen molar-refractivity contribution in [3.05, 3.63) is 48.0 Å². The molecule has 0 radical (unpaired) electrons. The summed E-state index contributed by atoms with van der Waals surface area (Å²) in [5, 5.41) is 6.49. The van der Waals surface area contributed by atoms with Crippen LogP contribution < -0.4 is 24.8 Å². The van der Waals surface area contributed by atoms with Crippen molar-refractivity contribution in [3.63, 3.8) is 0 Å². The molecule has 0 aliphatic rings. The van der Waals surface area contributed by atoms with Crippen LogP contribution >= 0.6 is 24.0 Å². The number of amides is 1. The van der Waals surface area contributed by atoms with Gasteiger partial charge in [0, 0.05) is 39.4 Å². The van der Waals surface area contributed by atoms with Gasteiger partial charge in [0.05, 0.1) is 13.7 Å². The van der Waals surface area contributed by atoms with Gasteiger partial charge in [-0.25, -0.2) is 0 Å². The maximum Gasteiger partial charge on any atom is 0.259 e. The lowest BCUT2D eigenvalue weighted by Gasteiger charge is -2.15. The maximum absolute atomic E-state index is 11.7. The monoisotopic (exact) mass is 542 g/mol. The highest BCUT2D eigenvalue weighted by atomic mass is 127. The summed E-state index contributed by atoms with van der Waals surface area (Å²) in [5.74, 6) is 2.50. The van der Waals surface area contributed by atoms with Crippen molar-refractivity contribution in [2.75, 3.05) is 46.8 Å². The van der Waals surface area contributed by atoms with Crippen LogP contribution in [0.3, 0.4) is 0 Å². The van der Waals surface area contributed by atoms with Gasteiger partial charge in [0.1, 0.15) is 5.75 Å². The van der Waals surface area contributed by atoms with E-state index in [9.17, 15) is 4.79 Å². The molecule has 0 heterocycles. The van der Waals surface area contributed by atoms with Crippen LogP contribution in [0.2, 0.25) is 0 Å².